The van der Waals surface area contributed by atoms with Crippen molar-refractivity contribution in [3.8, 4) is 0 Å². The average Bonchev–Trinajstić information content (AvgIpc) is 3.01. The zero-order chi connectivity index (χ0) is 18.1. The fraction of sp³-hybridized carbons (Fsp3) is 0.0526. The summed E-state index contributed by atoms with van der Waals surface area (Å²) < 4.78 is 3.07. The molecule has 0 saturated carbocycles. The molecule has 0 aliphatic heterocycles. The van der Waals surface area contributed by atoms with Crippen LogP contribution in [0.2, 0.25) is 0 Å². The first kappa shape index (κ1) is 15.8. The van der Waals surface area contributed by atoms with Gasteiger partial charge in [-0.2, -0.15) is 4.98 Å². The van der Waals surface area contributed by atoms with E-state index in [2.05, 4.69) is 9.97 Å². The van der Waals surface area contributed by atoms with Crippen LogP contribution in [0.4, 0.5) is 5.95 Å². The van der Waals surface area contributed by atoms with Crippen molar-refractivity contribution in [3.05, 3.63) is 88.5 Å². The minimum Gasteiger partial charge on any atom is -0.369 e. The number of anilines is 1. The van der Waals surface area contributed by atoms with Crippen molar-refractivity contribution in [1.82, 2.24) is 14.5 Å². The summed E-state index contributed by atoms with van der Waals surface area (Å²) >= 11 is 0. The van der Waals surface area contributed by atoms with E-state index in [1.54, 1.807) is 35.2 Å². The maximum Gasteiger partial charge on any atom is 0.347 e. The molecule has 4 aromatic rings. The van der Waals surface area contributed by atoms with Gasteiger partial charge in [0.05, 0.1) is 5.56 Å². The number of H-pyrrole nitrogens is 1. The molecule has 0 saturated heterocycles. The van der Waals surface area contributed by atoms with Gasteiger partial charge in [-0.1, -0.05) is 48.5 Å². The number of nitrogens with zero attached hydrogens (tertiary/aromatic N) is 3. The lowest BCUT2D eigenvalue weighted by Crippen LogP contribution is -2.37. The molecule has 0 atom stereocenters. The van der Waals surface area contributed by atoms with Gasteiger partial charge in [0.25, 0.3) is 17.5 Å². The van der Waals surface area contributed by atoms with Gasteiger partial charge in [0, 0.05) is 0 Å². The molecule has 0 aliphatic rings. The van der Waals surface area contributed by atoms with Gasteiger partial charge in [-0.3, -0.25) is 9.78 Å². The fourth-order valence-electron chi connectivity index (χ4n) is 2.92. The predicted octanol–water partition coefficient (Wildman–Crippen LogP) is 1.33. The Morgan fingerprint density at radius 1 is 1.08 bits per heavy atom. The molecule has 26 heavy (non-hydrogen) atoms. The van der Waals surface area contributed by atoms with Gasteiger partial charge in [-0.25, -0.2) is 9.36 Å². The predicted molar refractivity (Wildman–Crippen MR) is 96.7 cm³/mol. The van der Waals surface area contributed by atoms with Crippen molar-refractivity contribution in [3.63, 3.8) is 0 Å². The standard InChI is InChI=1S/C19H15N5O2/c20-19-21-16-15(17(25)22-19)23(11-13-7-3-1-4-8-13)12-24(16)18(26)14-9-5-2-6-10-14/h1-10,12H,11H2,(H2-,20,21,22,25)/p+1. The van der Waals surface area contributed by atoms with Crippen LogP contribution in [0.1, 0.15) is 15.9 Å². The van der Waals surface area contributed by atoms with Crippen molar-refractivity contribution < 1.29 is 9.36 Å². The number of aromatic nitrogens is 4. The minimum atomic E-state index is -0.386. The number of imidazole rings is 1. The van der Waals surface area contributed by atoms with Gasteiger partial charge >= 0.3 is 11.5 Å². The van der Waals surface area contributed by atoms with Crippen molar-refractivity contribution in [2.24, 2.45) is 0 Å². The number of hydrogen-bond donors (Lipinski definition) is 2. The number of aromatic amines is 1. The van der Waals surface area contributed by atoms with E-state index in [0.29, 0.717) is 17.6 Å². The molecule has 0 bridgehead atoms. The normalized spacial score (nSPS) is 10.9. The van der Waals surface area contributed by atoms with Crippen molar-refractivity contribution in [1.29, 1.82) is 0 Å². The molecule has 7 nitrogen and oxygen atoms in total. The number of nitrogens with two attached hydrogens (primary N) is 1. The first-order valence-corrected chi connectivity index (χ1v) is 8.07. The Labute approximate surface area is 148 Å². The second kappa shape index (κ2) is 6.29. The highest BCUT2D eigenvalue weighted by molar-refractivity contribution is 5.99. The molecule has 2 aromatic heterocycles. The number of benzene rings is 2. The molecule has 2 heterocycles. The summed E-state index contributed by atoms with van der Waals surface area (Å²) in [6, 6.07) is 18.5. The third kappa shape index (κ3) is 2.75. The van der Waals surface area contributed by atoms with Gasteiger partial charge < -0.3 is 5.73 Å². The van der Waals surface area contributed by atoms with E-state index in [1.165, 1.54) is 4.57 Å². The molecular formula is C19H16N5O2+. The van der Waals surface area contributed by atoms with E-state index in [4.69, 9.17) is 5.73 Å². The van der Waals surface area contributed by atoms with Crippen LogP contribution in [0.15, 0.2) is 71.8 Å². The quantitative estimate of drug-likeness (QED) is 0.547. The molecule has 0 amide bonds. The van der Waals surface area contributed by atoms with Crippen LogP contribution in [0.25, 0.3) is 11.2 Å². The molecule has 128 valence electrons. The zero-order valence-electron chi connectivity index (χ0n) is 13.8. The molecule has 0 unspecified atom stereocenters. The van der Waals surface area contributed by atoms with Crippen LogP contribution < -0.4 is 15.9 Å². The Kier molecular flexibility index (Phi) is 3.81. The van der Waals surface area contributed by atoms with Crippen molar-refractivity contribution in [2.45, 2.75) is 6.54 Å². The monoisotopic (exact) mass is 346 g/mol. The summed E-state index contributed by atoms with van der Waals surface area (Å²) in [4.78, 5) is 32.1. The second-order valence-electron chi connectivity index (χ2n) is 5.89. The molecule has 4 rings (SSSR count). The highest BCUT2D eigenvalue weighted by Crippen LogP contribution is 2.10. The van der Waals surface area contributed by atoms with Gasteiger partial charge in [-0.15, -0.1) is 4.57 Å². The number of carbonyl (C=O) groups is 1. The van der Waals surface area contributed by atoms with Gasteiger partial charge in [0.15, 0.2) is 0 Å². The maximum absolute atomic E-state index is 12.9. The Morgan fingerprint density at radius 2 is 1.73 bits per heavy atom. The summed E-state index contributed by atoms with van der Waals surface area (Å²) in [6.45, 7) is 0.432. The number of carbonyl (C=O) groups excluding carboxylic acids is 1. The fourth-order valence-corrected chi connectivity index (χ4v) is 2.92. The first-order valence-electron chi connectivity index (χ1n) is 8.07. The topological polar surface area (TPSA) is 97.6 Å². The Bertz CT molecular complexity index is 1150. The van der Waals surface area contributed by atoms with Crippen LogP contribution in [0, 0.1) is 0 Å². The number of nitrogens with one attached hydrogen (secondary N) is 1. The summed E-state index contributed by atoms with van der Waals surface area (Å²) in [6.07, 6.45) is 1.59. The van der Waals surface area contributed by atoms with E-state index >= 15 is 0 Å². The molecule has 0 aliphatic carbocycles. The molecule has 2 aromatic carbocycles. The highest BCUT2D eigenvalue weighted by Gasteiger charge is 2.27. The molecule has 0 spiro atoms. The first-order chi connectivity index (χ1) is 12.6. The highest BCUT2D eigenvalue weighted by atomic mass is 16.2. The number of rotatable bonds is 3. The van der Waals surface area contributed by atoms with E-state index in [0.717, 1.165) is 5.56 Å². The molecular weight excluding hydrogens is 330 g/mol. The zero-order valence-corrected chi connectivity index (χ0v) is 13.8. The van der Waals surface area contributed by atoms with Crippen LogP contribution in [-0.2, 0) is 6.54 Å². The SMILES string of the molecule is Nc1nc2c(c(=O)[nH]1)[n+](Cc1ccccc1)cn2C(=O)c1ccccc1. The van der Waals surface area contributed by atoms with E-state index in [9.17, 15) is 9.59 Å². The lowest BCUT2D eigenvalue weighted by Gasteiger charge is -1.97. The number of hydrogen-bond acceptors (Lipinski definition) is 4. The average molecular weight is 346 g/mol. The van der Waals surface area contributed by atoms with E-state index < -0.39 is 0 Å². The maximum atomic E-state index is 12.9. The smallest absolute Gasteiger partial charge is 0.347 e. The molecule has 0 radical (unpaired) electrons. The van der Waals surface area contributed by atoms with Gasteiger partial charge in [0.1, 0.15) is 6.54 Å². The third-order valence-corrected chi connectivity index (χ3v) is 4.10. The molecule has 0 fully saturated rings. The summed E-state index contributed by atoms with van der Waals surface area (Å²) in [7, 11) is 0. The van der Waals surface area contributed by atoms with Crippen LogP contribution in [0.3, 0.4) is 0 Å². The Hall–Kier alpha value is -3.74. The molecule has 3 N–H and O–H groups in total. The van der Waals surface area contributed by atoms with Gasteiger partial charge in [-0.05, 0) is 17.7 Å². The van der Waals surface area contributed by atoms with Crippen LogP contribution in [0.5, 0.6) is 0 Å². The second-order valence-corrected chi connectivity index (χ2v) is 5.89. The molecule has 7 heteroatoms. The van der Waals surface area contributed by atoms with Gasteiger partial charge in [0.2, 0.25) is 5.95 Å². The van der Waals surface area contributed by atoms with Crippen LogP contribution >= 0.6 is 0 Å². The van der Waals surface area contributed by atoms with E-state index in [-0.39, 0.29) is 23.1 Å². The van der Waals surface area contributed by atoms with E-state index in [1.807, 2.05) is 36.4 Å². The van der Waals surface area contributed by atoms with Crippen LogP contribution in [-0.4, -0.2) is 20.4 Å². The van der Waals surface area contributed by atoms with Crippen molar-refractivity contribution in [2.75, 3.05) is 5.73 Å². The summed E-state index contributed by atoms with van der Waals surface area (Å²) in [5, 5.41) is 0. The number of nitrogen functional groups attached to an aromatic ring is 1. The summed E-state index contributed by atoms with van der Waals surface area (Å²) in [5.74, 6) is -0.311. The largest absolute Gasteiger partial charge is 0.369 e. The lowest BCUT2D eigenvalue weighted by atomic mass is 10.2. The Morgan fingerprint density at radius 3 is 2.42 bits per heavy atom. The lowest BCUT2D eigenvalue weighted by molar-refractivity contribution is -0.663. The third-order valence-electron chi connectivity index (χ3n) is 4.10. The minimum absolute atomic E-state index is 0.0328. The number of fused-ring (bicyclic) bond motifs is 1. The Balaban J connectivity index is 1.91. The summed E-state index contributed by atoms with van der Waals surface area (Å²) in [5.41, 5.74) is 7.34. The van der Waals surface area contributed by atoms with Crippen molar-refractivity contribution >= 4 is 23.0 Å².